The zero-order valence-corrected chi connectivity index (χ0v) is 25.9. The van der Waals surface area contributed by atoms with Crippen molar-refractivity contribution in [2.75, 3.05) is 0 Å². The summed E-state index contributed by atoms with van der Waals surface area (Å²) in [4.78, 5) is 46.4. The second-order valence-electron chi connectivity index (χ2n) is 11.0. The Labute approximate surface area is 258 Å². The number of rotatable bonds is 12. The minimum Gasteiger partial charge on any atom is -0.460 e. The summed E-state index contributed by atoms with van der Waals surface area (Å²) in [5.41, 5.74) is -0.0786. The first-order chi connectivity index (χ1) is 21.2. The number of hydroxylamine groups is 2. The van der Waals surface area contributed by atoms with Crippen molar-refractivity contribution in [2.24, 2.45) is 0 Å². The van der Waals surface area contributed by atoms with Gasteiger partial charge in [0.25, 0.3) is 0 Å². The van der Waals surface area contributed by atoms with Crippen molar-refractivity contribution >= 4 is 46.3 Å². The van der Waals surface area contributed by atoms with E-state index in [4.69, 9.17) is 9.57 Å². The Hall–Kier alpha value is -4.76. The third-order valence-corrected chi connectivity index (χ3v) is 11.0. The second-order valence-corrected chi connectivity index (χ2v) is 14.4. The fourth-order valence-corrected chi connectivity index (χ4v) is 9.16. The summed E-state index contributed by atoms with van der Waals surface area (Å²) in [6.07, 6.45) is -0.133. The summed E-state index contributed by atoms with van der Waals surface area (Å²) in [5, 5.41) is 14.0. The van der Waals surface area contributed by atoms with Crippen LogP contribution < -0.4 is 15.9 Å². The molecule has 4 aromatic rings. The first kappa shape index (κ1) is 32.2. The highest BCUT2D eigenvalue weighted by atomic mass is 31.2. The van der Waals surface area contributed by atoms with Gasteiger partial charge in [0.2, 0.25) is 6.41 Å². The maximum atomic E-state index is 14.8. The van der Waals surface area contributed by atoms with Gasteiger partial charge in [-0.2, -0.15) is 5.26 Å². The first-order valence-corrected chi connectivity index (χ1v) is 16.0. The molecule has 1 unspecified atom stereocenters. The lowest BCUT2D eigenvalue weighted by Crippen LogP contribution is -2.47. The van der Waals surface area contributed by atoms with Crippen molar-refractivity contribution in [3.05, 3.63) is 127 Å². The number of ketones is 1. The third-order valence-electron chi connectivity index (χ3n) is 6.82. The zero-order valence-electron chi connectivity index (χ0n) is 25.0. The molecule has 44 heavy (non-hydrogen) atoms. The molecule has 1 atom stereocenters. The van der Waals surface area contributed by atoms with E-state index in [1.807, 2.05) is 121 Å². The SMILES string of the molecule is CC(C)(C)OC(=O)CC(C(=O)C(C#N)=P(c1ccccc1)(c1ccccc1)c1ccccc1)N(C=O)OCc1ccccc1. The molecule has 0 aliphatic heterocycles. The number of ether oxygens (including phenoxy) is 1. The lowest BCUT2D eigenvalue weighted by molar-refractivity contribution is -0.196. The molecule has 0 radical (unpaired) electrons. The first-order valence-electron chi connectivity index (χ1n) is 14.2. The van der Waals surface area contributed by atoms with Crippen LogP contribution in [0, 0.1) is 11.3 Å². The number of Topliss-reactive ketones (excluding diaryl/α,β-unsaturated/α-hetero) is 1. The quantitative estimate of drug-likeness (QED) is 0.0982. The second kappa shape index (κ2) is 14.6. The monoisotopic (exact) mass is 606 g/mol. The van der Waals surface area contributed by atoms with E-state index < -0.39 is 36.7 Å². The molecule has 4 aromatic carbocycles. The van der Waals surface area contributed by atoms with Crippen LogP contribution in [0.25, 0.3) is 0 Å². The minimum atomic E-state index is -3.13. The highest BCUT2D eigenvalue weighted by molar-refractivity contribution is 7.97. The van der Waals surface area contributed by atoms with E-state index in [2.05, 4.69) is 6.07 Å². The van der Waals surface area contributed by atoms with Crippen LogP contribution in [0.1, 0.15) is 32.8 Å². The molecule has 7 nitrogen and oxygen atoms in total. The van der Waals surface area contributed by atoms with Crippen LogP contribution in [0.15, 0.2) is 121 Å². The van der Waals surface area contributed by atoms with Crippen molar-refractivity contribution in [1.29, 1.82) is 5.26 Å². The van der Waals surface area contributed by atoms with Gasteiger partial charge in [-0.1, -0.05) is 121 Å². The zero-order chi connectivity index (χ0) is 31.6. The van der Waals surface area contributed by atoms with Gasteiger partial charge in [-0.25, -0.2) is 5.06 Å². The van der Waals surface area contributed by atoms with E-state index in [9.17, 15) is 19.6 Å². The van der Waals surface area contributed by atoms with Crippen LogP contribution in [-0.4, -0.2) is 40.2 Å². The molecule has 0 aliphatic carbocycles. The Bertz CT molecular complexity index is 1560. The van der Waals surface area contributed by atoms with Gasteiger partial charge in [0.05, 0.1) is 6.42 Å². The van der Waals surface area contributed by atoms with E-state index >= 15 is 0 Å². The average molecular weight is 607 g/mol. The van der Waals surface area contributed by atoms with Crippen molar-refractivity contribution in [3.8, 4) is 6.07 Å². The van der Waals surface area contributed by atoms with Crippen LogP contribution in [0.3, 0.4) is 0 Å². The van der Waals surface area contributed by atoms with Crippen LogP contribution in [-0.2, 0) is 30.6 Å². The van der Waals surface area contributed by atoms with E-state index in [1.165, 1.54) is 0 Å². The van der Waals surface area contributed by atoms with Gasteiger partial charge in [-0.05, 0) is 49.1 Å². The molecule has 0 bridgehead atoms. The van der Waals surface area contributed by atoms with Crippen molar-refractivity contribution < 1.29 is 24.0 Å². The molecule has 0 spiro atoms. The molecule has 1 amide bonds. The predicted octanol–water partition coefficient (Wildman–Crippen LogP) is 4.94. The molecule has 0 aromatic heterocycles. The Morgan fingerprint density at radius 3 is 1.61 bits per heavy atom. The number of hydrogen-bond acceptors (Lipinski definition) is 6. The predicted molar refractivity (Wildman–Crippen MR) is 174 cm³/mol. The van der Waals surface area contributed by atoms with Crippen LogP contribution in [0.2, 0.25) is 0 Å². The maximum Gasteiger partial charge on any atom is 0.308 e. The smallest absolute Gasteiger partial charge is 0.308 e. The largest absolute Gasteiger partial charge is 0.460 e. The minimum absolute atomic E-state index is 0.0318. The highest BCUT2D eigenvalue weighted by Gasteiger charge is 2.39. The fourth-order valence-electron chi connectivity index (χ4n) is 5.00. The number of hydrogen-bond donors (Lipinski definition) is 0. The molecule has 0 saturated heterocycles. The van der Waals surface area contributed by atoms with Crippen LogP contribution in [0.5, 0.6) is 0 Å². The summed E-state index contributed by atoms with van der Waals surface area (Å²) >= 11 is 0. The molecule has 0 N–H and O–H groups in total. The van der Waals surface area contributed by atoms with E-state index in [0.29, 0.717) is 6.41 Å². The van der Waals surface area contributed by atoms with Gasteiger partial charge >= 0.3 is 5.97 Å². The normalized spacial score (nSPS) is 12.0. The number of nitriles is 1. The molecular weight excluding hydrogens is 571 g/mol. The van der Waals surface area contributed by atoms with Crippen LogP contribution >= 0.6 is 6.89 Å². The lowest BCUT2D eigenvalue weighted by Gasteiger charge is -2.32. The number of esters is 1. The lowest BCUT2D eigenvalue weighted by atomic mass is 10.1. The third kappa shape index (κ3) is 7.41. The molecule has 0 aliphatic rings. The topological polar surface area (TPSA) is 96.7 Å². The van der Waals surface area contributed by atoms with Crippen molar-refractivity contribution in [3.63, 3.8) is 0 Å². The van der Waals surface area contributed by atoms with Gasteiger partial charge in [-0.15, -0.1) is 0 Å². The molecule has 0 saturated carbocycles. The molecule has 0 heterocycles. The molecular formula is C36H35N2O5P. The Morgan fingerprint density at radius 1 is 0.795 bits per heavy atom. The van der Waals surface area contributed by atoms with E-state index in [0.717, 1.165) is 26.5 Å². The maximum absolute atomic E-state index is 14.8. The molecule has 8 heteroatoms. The van der Waals surface area contributed by atoms with E-state index in [-0.39, 0.29) is 11.9 Å². The van der Waals surface area contributed by atoms with E-state index in [1.54, 1.807) is 20.8 Å². The Morgan fingerprint density at radius 2 is 1.23 bits per heavy atom. The average Bonchev–Trinajstić information content (AvgIpc) is 3.04. The molecule has 224 valence electrons. The highest BCUT2D eigenvalue weighted by Crippen LogP contribution is 2.46. The Kier molecular flexibility index (Phi) is 10.7. The van der Waals surface area contributed by atoms with Gasteiger partial charge < -0.3 is 4.74 Å². The molecule has 4 rings (SSSR count). The summed E-state index contributed by atoms with van der Waals surface area (Å²) in [6, 6.07) is 38.2. The number of amides is 1. The number of carbonyl (C=O) groups is 3. The van der Waals surface area contributed by atoms with Gasteiger partial charge in [-0.3, -0.25) is 19.2 Å². The number of carbonyl (C=O) groups excluding carboxylic acids is 3. The molecule has 0 fully saturated rings. The number of nitrogens with zero attached hydrogens (tertiary/aromatic N) is 2. The van der Waals surface area contributed by atoms with Crippen molar-refractivity contribution in [2.45, 2.75) is 45.4 Å². The summed E-state index contributed by atoms with van der Waals surface area (Å²) in [5.74, 6) is -1.39. The number of benzene rings is 4. The fraction of sp³-hybridized carbons (Fsp3) is 0.194. The summed E-state index contributed by atoms with van der Waals surface area (Å²) in [7, 11) is 0. The van der Waals surface area contributed by atoms with Gasteiger partial charge in [0.15, 0.2) is 5.78 Å². The summed E-state index contributed by atoms with van der Waals surface area (Å²) < 4.78 is 5.56. The van der Waals surface area contributed by atoms with Gasteiger partial charge in [0, 0.05) is 0 Å². The van der Waals surface area contributed by atoms with Gasteiger partial charge in [0.1, 0.15) is 29.6 Å². The van der Waals surface area contributed by atoms with Crippen LogP contribution in [0.4, 0.5) is 0 Å². The van der Waals surface area contributed by atoms with Crippen molar-refractivity contribution in [1.82, 2.24) is 5.06 Å². The standard InChI is InChI=1S/C36H35N2O5P/c1-36(2,3)43-34(40)24-32(38(27-39)42-26-28-16-8-4-9-17-28)35(41)33(25-37)44(29-18-10-5-11-19-29,30-20-12-6-13-21-30)31-22-14-7-15-23-31/h4-23,27,32H,24,26H2,1-3H3. The Balaban J connectivity index is 1.98. The summed E-state index contributed by atoms with van der Waals surface area (Å²) in [6.45, 7) is 1.99.